The van der Waals surface area contributed by atoms with Crippen LogP contribution in [0.4, 0.5) is 5.69 Å². The highest BCUT2D eigenvalue weighted by atomic mass is 79.9. The number of nitrogens with two attached hydrogens (primary N) is 1. The first-order chi connectivity index (χ1) is 17.6. The minimum atomic E-state index is -0.650. The third-order valence-corrected chi connectivity index (χ3v) is 8.70. The zero-order chi connectivity index (χ0) is 26.5. The molecule has 11 heteroatoms. The van der Waals surface area contributed by atoms with E-state index in [4.69, 9.17) is 5.73 Å². The van der Waals surface area contributed by atoms with Crippen LogP contribution in [0, 0.1) is 11.3 Å². The molecule has 1 aromatic carbocycles. The molecule has 1 saturated carbocycles. The maximum atomic E-state index is 13.8. The third-order valence-electron chi connectivity index (χ3n) is 8.31. The molecule has 2 aromatic rings. The molecule has 5 rings (SSSR count). The number of ketones is 1. The molecule has 0 spiro atoms. The summed E-state index contributed by atoms with van der Waals surface area (Å²) in [6.45, 7) is 3.75. The van der Waals surface area contributed by atoms with Crippen LogP contribution in [0.15, 0.2) is 12.1 Å². The number of aryl methyl sites for hydroxylation is 1. The molecule has 4 N–H and O–H groups in total. The van der Waals surface area contributed by atoms with Crippen LogP contribution < -0.4 is 15.4 Å². The van der Waals surface area contributed by atoms with Crippen LogP contribution in [0.5, 0.6) is 0 Å². The van der Waals surface area contributed by atoms with Crippen LogP contribution in [0.2, 0.25) is 0 Å². The topological polar surface area (TPSA) is 139 Å². The fourth-order valence-electron chi connectivity index (χ4n) is 6.25. The Morgan fingerprint density at radius 1 is 1.22 bits per heavy atom. The SMILES string of the molecule is CC(=O)c1nn2c3c(cc(N)cc13)CCCCC[C@H](C)C(=O)NC[C@@]13C[C@@H](C(=O)NBr)N(C(=O)C2)[C@@H]1C3. The van der Waals surface area contributed by atoms with Gasteiger partial charge in [-0.1, -0.05) is 19.8 Å². The Labute approximate surface area is 224 Å². The van der Waals surface area contributed by atoms with Gasteiger partial charge in [0.2, 0.25) is 11.8 Å². The van der Waals surface area contributed by atoms with E-state index in [1.807, 2.05) is 13.0 Å². The Kier molecular flexibility index (Phi) is 6.76. The van der Waals surface area contributed by atoms with Gasteiger partial charge in [0, 0.05) is 58.1 Å². The molecular formula is C26H33BrN6O4. The van der Waals surface area contributed by atoms with Gasteiger partial charge in [0.15, 0.2) is 5.78 Å². The molecular weight excluding hydrogens is 540 g/mol. The highest BCUT2D eigenvalue weighted by molar-refractivity contribution is 9.08. The summed E-state index contributed by atoms with van der Waals surface area (Å²) in [5.41, 5.74) is 8.41. The van der Waals surface area contributed by atoms with Gasteiger partial charge in [0.25, 0.3) is 5.91 Å². The Morgan fingerprint density at radius 3 is 2.73 bits per heavy atom. The molecule has 3 amide bonds. The van der Waals surface area contributed by atoms with Crippen LogP contribution in [0.25, 0.3) is 10.9 Å². The first-order valence-corrected chi connectivity index (χ1v) is 13.7. The molecule has 0 radical (unpaired) electrons. The lowest BCUT2D eigenvalue weighted by Gasteiger charge is -2.26. The predicted molar refractivity (Wildman–Crippen MR) is 142 cm³/mol. The van der Waals surface area contributed by atoms with E-state index in [2.05, 4.69) is 30.9 Å². The van der Waals surface area contributed by atoms with Gasteiger partial charge < -0.3 is 16.0 Å². The number of carbonyl (C=O) groups is 4. The lowest BCUT2D eigenvalue weighted by atomic mass is 9.97. The van der Waals surface area contributed by atoms with Gasteiger partial charge in [-0.15, -0.1) is 0 Å². The number of Topliss-reactive ketones (excluding diaryl/α,β-unsaturated/α-hetero) is 1. The van der Waals surface area contributed by atoms with Gasteiger partial charge in [-0.3, -0.25) is 28.2 Å². The first kappa shape index (κ1) is 25.7. The zero-order valence-electron chi connectivity index (χ0n) is 21.2. The molecule has 3 aliphatic rings. The Morgan fingerprint density at radius 2 is 2.00 bits per heavy atom. The number of rotatable bonds is 2. The number of anilines is 1. The second kappa shape index (κ2) is 9.74. The van der Waals surface area contributed by atoms with Crippen molar-refractivity contribution in [3.05, 3.63) is 23.4 Å². The number of carbonyl (C=O) groups excluding carboxylic acids is 4. The van der Waals surface area contributed by atoms with Crippen molar-refractivity contribution in [3.8, 4) is 0 Å². The molecule has 1 aliphatic carbocycles. The highest BCUT2D eigenvalue weighted by Gasteiger charge is 2.67. The maximum Gasteiger partial charge on any atom is 0.252 e. The second-order valence-corrected chi connectivity index (χ2v) is 11.3. The van der Waals surface area contributed by atoms with Crippen LogP contribution >= 0.6 is 16.1 Å². The third kappa shape index (κ3) is 4.62. The summed E-state index contributed by atoms with van der Waals surface area (Å²) in [6, 6.07) is 2.85. The van der Waals surface area contributed by atoms with Crippen molar-refractivity contribution in [2.45, 2.75) is 77.4 Å². The predicted octanol–water partition coefficient (Wildman–Crippen LogP) is 2.48. The van der Waals surface area contributed by atoms with Gasteiger partial charge in [0.05, 0.1) is 5.52 Å². The average Bonchev–Trinajstić information content (AvgIpc) is 3.27. The van der Waals surface area contributed by atoms with E-state index in [1.54, 1.807) is 15.6 Å². The van der Waals surface area contributed by atoms with Crippen LogP contribution in [0.1, 0.15) is 68.4 Å². The number of benzene rings is 1. The Bertz CT molecular complexity index is 1290. The molecule has 2 bridgehead atoms. The zero-order valence-corrected chi connectivity index (χ0v) is 22.8. The monoisotopic (exact) mass is 572 g/mol. The highest BCUT2D eigenvalue weighted by Crippen LogP contribution is 2.59. The number of aromatic nitrogens is 2. The molecule has 2 fully saturated rings. The quantitative estimate of drug-likeness (QED) is 0.287. The summed E-state index contributed by atoms with van der Waals surface area (Å²) >= 11 is 3.03. The summed E-state index contributed by atoms with van der Waals surface area (Å²) in [7, 11) is 0. The van der Waals surface area contributed by atoms with Crippen molar-refractivity contribution in [2.24, 2.45) is 11.3 Å². The van der Waals surface area contributed by atoms with Gasteiger partial charge in [0.1, 0.15) is 18.3 Å². The number of hydrogen-bond donors (Lipinski definition) is 3. The number of nitrogen functional groups attached to an aromatic ring is 1. The standard InChI is InChI=1S/C26H33BrN6O4/c1-14-6-4-3-5-7-16-8-17(28)9-18-22(15(2)34)31-32(23(16)18)12-21(35)33-19(25(37)30-27)10-26(11-20(26)33)13-29-24(14)36/h8-9,14,19-20H,3-7,10-13,28H2,1-2H3,(H,29,36)(H,30,37)/t14-,19-,20+,26-/m0/s1. The van der Waals surface area contributed by atoms with E-state index in [9.17, 15) is 19.2 Å². The maximum absolute atomic E-state index is 13.8. The number of piperidine rings is 1. The van der Waals surface area contributed by atoms with E-state index in [0.717, 1.165) is 43.2 Å². The van der Waals surface area contributed by atoms with E-state index >= 15 is 0 Å². The summed E-state index contributed by atoms with van der Waals surface area (Å²) in [4.78, 5) is 53.4. The van der Waals surface area contributed by atoms with E-state index in [1.165, 1.54) is 6.92 Å². The Balaban J connectivity index is 1.56. The number of nitrogens with zero attached hydrogens (tertiary/aromatic N) is 3. The fourth-order valence-corrected chi connectivity index (χ4v) is 6.51. The van der Waals surface area contributed by atoms with E-state index in [0.29, 0.717) is 36.2 Å². The molecule has 1 saturated heterocycles. The number of nitrogens with one attached hydrogen (secondary N) is 2. The minimum absolute atomic E-state index is 0.0186. The minimum Gasteiger partial charge on any atom is -0.399 e. The summed E-state index contributed by atoms with van der Waals surface area (Å²) in [5.74, 6) is -0.818. The smallest absolute Gasteiger partial charge is 0.252 e. The molecule has 10 nitrogen and oxygen atoms in total. The van der Waals surface area contributed by atoms with E-state index < -0.39 is 6.04 Å². The van der Waals surface area contributed by atoms with E-state index in [-0.39, 0.29) is 47.4 Å². The fraction of sp³-hybridized carbons (Fsp3) is 0.577. The largest absolute Gasteiger partial charge is 0.399 e. The van der Waals surface area contributed by atoms with Crippen molar-refractivity contribution in [1.29, 1.82) is 0 Å². The van der Waals surface area contributed by atoms with Crippen molar-refractivity contribution < 1.29 is 19.2 Å². The van der Waals surface area contributed by atoms with Gasteiger partial charge in [-0.05, 0) is 49.8 Å². The summed E-state index contributed by atoms with van der Waals surface area (Å²) in [6.07, 6.45) is 5.47. The number of halogens is 1. The molecule has 1 aromatic heterocycles. The van der Waals surface area contributed by atoms with Crippen molar-refractivity contribution in [1.82, 2.24) is 24.3 Å². The molecule has 3 heterocycles. The molecule has 198 valence electrons. The lowest BCUT2D eigenvalue weighted by molar-refractivity contribution is -0.139. The number of hydrogen-bond acceptors (Lipinski definition) is 6. The number of amides is 3. The molecule has 37 heavy (non-hydrogen) atoms. The van der Waals surface area contributed by atoms with Crippen molar-refractivity contribution in [2.75, 3.05) is 12.3 Å². The van der Waals surface area contributed by atoms with Crippen LogP contribution in [0.3, 0.4) is 0 Å². The molecule has 4 atom stereocenters. The summed E-state index contributed by atoms with van der Waals surface area (Å²) < 4.78 is 4.11. The van der Waals surface area contributed by atoms with Gasteiger partial charge in [-0.2, -0.15) is 5.10 Å². The molecule has 2 aliphatic heterocycles. The van der Waals surface area contributed by atoms with Crippen LogP contribution in [-0.4, -0.2) is 56.8 Å². The average molecular weight is 573 g/mol. The first-order valence-electron chi connectivity index (χ1n) is 12.9. The van der Waals surface area contributed by atoms with Crippen molar-refractivity contribution >= 4 is 56.2 Å². The Hall–Kier alpha value is -2.95. The molecule has 0 unspecified atom stereocenters. The second-order valence-electron chi connectivity index (χ2n) is 10.9. The van der Waals surface area contributed by atoms with Crippen molar-refractivity contribution in [3.63, 3.8) is 0 Å². The van der Waals surface area contributed by atoms with Gasteiger partial charge >= 0.3 is 0 Å². The lowest BCUT2D eigenvalue weighted by Crippen LogP contribution is -2.47. The summed E-state index contributed by atoms with van der Waals surface area (Å²) in [5, 5.41) is 8.29. The van der Waals surface area contributed by atoms with Crippen LogP contribution in [-0.2, 0) is 27.3 Å². The normalized spacial score (nSPS) is 28.4. The van der Waals surface area contributed by atoms with Gasteiger partial charge in [-0.25, -0.2) is 0 Å².